The molecule has 1 aliphatic carbocycles. The van der Waals surface area contributed by atoms with Gasteiger partial charge < -0.3 is 9.84 Å². The van der Waals surface area contributed by atoms with E-state index in [1.54, 1.807) is 18.2 Å². The van der Waals surface area contributed by atoms with Crippen LogP contribution in [-0.2, 0) is 4.79 Å². The van der Waals surface area contributed by atoms with Crippen molar-refractivity contribution in [3.8, 4) is 11.5 Å². The monoisotopic (exact) mass is 360 g/mol. The lowest BCUT2D eigenvalue weighted by Gasteiger charge is -2.20. The lowest BCUT2D eigenvalue weighted by molar-refractivity contribution is -0.132. The second kappa shape index (κ2) is 5.06. The van der Waals surface area contributed by atoms with Gasteiger partial charge in [0, 0.05) is 23.6 Å². The number of hydrogen-bond acceptors (Lipinski definition) is 5. The number of carbonyl (C=O) groups is 3. The minimum Gasteiger partial charge on any atom is -0.504 e. The first-order valence-electron chi connectivity index (χ1n) is 6.34. The Morgan fingerprint density at radius 1 is 1.09 bits per heavy atom. The van der Waals surface area contributed by atoms with Gasteiger partial charge in [0.2, 0.25) is 0 Å². The molecule has 0 spiro atoms. The first kappa shape index (κ1) is 14.5. The molecule has 0 atom stereocenters. The van der Waals surface area contributed by atoms with E-state index in [1.807, 2.05) is 0 Å². The van der Waals surface area contributed by atoms with Gasteiger partial charge in [-0.3, -0.25) is 14.4 Å². The smallest absolute Gasteiger partial charge is 0.308 e. The number of fused-ring (bicyclic) bond motifs is 2. The zero-order valence-electron chi connectivity index (χ0n) is 11.3. The van der Waals surface area contributed by atoms with Crippen molar-refractivity contribution in [2.24, 2.45) is 0 Å². The summed E-state index contributed by atoms with van der Waals surface area (Å²) in [7, 11) is 0. The molecular formula is C16H9BrO5. The van der Waals surface area contributed by atoms with E-state index in [0.29, 0.717) is 0 Å². The number of carbonyl (C=O) groups excluding carboxylic acids is 3. The third-order valence-electron chi connectivity index (χ3n) is 3.34. The van der Waals surface area contributed by atoms with Crippen LogP contribution < -0.4 is 4.74 Å². The van der Waals surface area contributed by atoms with Crippen LogP contribution in [0.4, 0.5) is 0 Å². The number of hydrogen-bond donors (Lipinski definition) is 1. The molecule has 5 nitrogen and oxygen atoms in total. The molecule has 0 fully saturated rings. The highest BCUT2D eigenvalue weighted by molar-refractivity contribution is 9.10. The fraction of sp³-hybridized carbons (Fsp3) is 0.0625. The molecule has 1 N–H and O–H groups in total. The van der Waals surface area contributed by atoms with Crippen LogP contribution in [0.15, 0.2) is 34.8 Å². The standard InChI is InChI=1S/C16H9BrO5/c1-7(18)22-16-11(17)6-10-12(15(16)21)14(20)9-5-3-2-4-8(9)13(10)19/h2-6,21H,1H3. The number of esters is 1. The molecule has 0 amide bonds. The number of benzene rings is 2. The maximum absolute atomic E-state index is 12.6. The van der Waals surface area contributed by atoms with Gasteiger partial charge >= 0.3 is 5.97 Å². The largest absolute Gasteiger partial charge is 0.504 e. The Morgan fingerprint density at radius 2 is 1.68 bits per heavy atom. The second-order valence-corrected chi connectivity index (χ2v) is 5.61. The third-order valence-corrected chi connectivity index (χ3v) is 3.93. The first-order valence-corrected chi connectivity index (χ1v) is 7.13. The van der Waals surface area contributed by atoms with Crippen LogP contribution in [0.1, 0.15) is 38.8 Å². The van der Waals surface area contributed by atoms with Crippen LogP contribution in [0.3, 0.4) is 0 Å². The van der Waals surface area contributed by atoms with Crippen molar-refractivity contribution in [1.82, 2.24) is 0 Å². The Labute approximate surface area is 133 Å². The highest BCUT2D eigenvalue weighted by Gasteiger charge is 2.34. The number of aromatic hydroxyl groups is 1. The van der Waals surface area contributed by atoms with E-state index in [1.165, 1.54) is 19.1 Å². The van der Waals surface area contributed by atoms with Crippen LogP contribution in [0.5, 0.6) is 11.5 Å². The molecule has 0 radical (unpaired) electrons. The Kier molecular flexibility index (Phi) is 3.33. The van der Waals surface area contributed by atoms with Crippen LogP contribution >= 0.6 is 15.9 Å². The molecule has 3 rings (SSSR count). The molecule has 0 aliphatic heterocycles. The quantitative estimate of drug-likeness (QED) is 0.533. The zero-order chi connectivity index (χ0) is 16.0. The van der Waals surface area contributed by atoms with Crippen LogP contribution in [0.2, 0.25) is 0 Å². The van der Waals surface area contributed by atoms with E-state index in [2.05, 4.69) is 15.9 Å². The van der Waals surface area contributed by atoms with Crippen LogP contribution in [0.25, 0.3) is 0 Å². The summed E-state index contributed by atoms with van der Waals surface area (Å²) in [6.45, 7) is 1.17. The zero-order valence-corrected chi connectivity index (χ0v) is 12.9. The molecule has 1 aliphatic rings. The summed E-state index contributed by atoms with van der Waals surface area (Å²) in [4.78, 5) is 36.2. The summed E-state index contributed by atoms with van der Waals surface area (Å²) in [6, 6.07) is 7.76. The van der Waals surface area contributed by atoms with Crippen molar-refractivity contribution in [3.63, 3.8) is 0 Å². The maximum atomic E-state index is 12.6. The number of ketones is 2. The van der Waals surface area contributed by atoms with E-state index in [9.17, 15) is 19.5 Å². The number of rotatable bonds is 1. The van der Waals surface area contributed by atoms with Gasteiger partial charge in [-0.1, -0.05) is 24.3 Å². The highest BCUT2D eigenvalue weighted by Crippen LogP contribution is 2.43. The van der Waals surface area contributed by atoms with E-state index in [0.717, 1.165) is 0 Å². The van der Waals surface area contributed by atoms with Gasteiger partial charge in [0.25, 0.3) is 0 Å². The van der Waals surface area contributed by atoms with Gasteiger partial charge in [0.05, 0.1) is 10.0 Å². The Morgan fingerprint density at radius 3 is 2.27 bits per heavy atom. The molecule has 0 heterocycles. The summed E-state index contributed by atoms with van der Waals surface area (Å²) in [5.41, 5.74) is 0.421. The molecule has 2 aromatic rings. The molecular weight excluding hydrogens is 352 g/mol. The molecule has 110 valence electrons. The minimum absolute atomic E-state index is 0.0731. The van der Waals surface area contributed by atoms with Crippen molar-refractivity contribution < 1.29 is 24.2 Å². The topological polar surface area (TPSA) is 80.7 Å². The van der Waals surface area contributed by atoms with Crippen molar-refractivity contribution in [1.29, 1.82) is 0 Å². The summed E-state index contributed by atoms with van der Waals surface area (Å²) >= 11 is 3.14. The molecule has 0 saturated carbocycles. The summed E-state index contributed by atoms with van der Waals surface area (Å²) in [6.07, 6.45) is 0. The van der Waals surface area contributed by atoms with Crippen molar-refractivity contribution >= 4 is 33.5 Å². The van der Waals surface area contributed by atoms with E-state index in [-0.39, 0.29) is 38.3 Å². The minimum atomic E-state index is -0.647. The summed E-state index contributed by atoms with van der Waals surface area (Å²) in [5.74, 6) is -2.19. The molecule has 0 aromatic heterocycles. The van der Waals surface area contributed by atoms with Crippen LogP contribution in [-0.4, -0.2) is 22.6 Å². The summed E-state index contributed by atoms with van der Waals surface area (Å²) < 4.78 is 5.14. The number of phenolic OH excluding ortho intramolecular Hbond substituents is 1. The number of phenols is 1. The highest BCUT2D eigenvalue weighted by atomic mass is 79.9. The molecule has 22 heavy (non-hydrogen) atoms. The van der Waals surface area contributed by atoms with Crippen LogP contribution in [0, 0.1) is 0 Å². The molecule has 0 saturated heterocycles. The van der Waals surface area contributed by atoms with E-state index < -0.39 is 17.5 Å². The Bertz CT molecular complexity index is 854. The number of halogens is 1. The van der Waals surface area contributed by atoms with Crippen molar-refractivity contribution in [2.75, 3.05) is 0 Å². The van der Waals surface area contributed by atoms with Crippen molar-refractivity contribution in [2.45, 2.75) is 6.92 Å². The van der Waals surface area contributed by atoms with Gasteiger partial charge in [-0.2, -0.15) is 0 Å². The average Bonchev–Trinajstić information content (AvgIpc) is 2.48. The van der Waals surface area contributed by atoms with Gasteiger partial charge in [0.15, 0.2) is 23.1 Å². The Balaban J connectivity index is 2.29. The molecule has 6 heteroatoms. The molecule has 0 unspecified atom stereocenters. The normalized spacial score (nSPS) is 12.6. The average molecular weight is 361 g/mol. The number of ether oxygens (including phenoxy) is 1. The van der Waals surface area contributed by atoms with E-state index >= 15 is 0 Å². The lowest BCUT2D eigenvalue weighted by Crippen LogP contribution is -2.21. The van der Waals surface area contributed by atoms with Gasteiger partial charge in [-0.05, 0) is 22.0 Å². The predicted molar refractivity (Wildman–Crippen MR) is 80.4 cm³/mol. The Hall–Kier alpha value is -2.47. The van der Waals surface area contributed by atoms with Gasteiger partial charge in [-0.15, -0.1) is 0 Å². The SMILES string of the molecule is CC(=O)Oc1c(Br)cc2c(c1O)C(=O)c1ccccc1C2=O. The first-order chi connectivity index (χ1) is 10.4. The fourth-order valence-electron chi connectivity index (χ4n) is 2.43. The third kappa shape index (κ3) is 2.03. The molecule has 0 bridgehead atoms. The molecule has 2 aromatic carbocycles. The maximum Gasteiger partial charge on any atom is 0.308 e. The second-order valence-electron chi connectivity index (χ2n) is 4.76. The van der Waals surface area contributed by atoms with E-state index in [4.69, 9.17) is 4.74 Å². The van der Waals surface area contributed by atoms with Gasteiger partial charge in [0.1, 0.15) is 0 Å². The summed E-state index contributed by atoms with van der Waals surface area (Å²) in [5, 5.41) is 10.3. The predicted octanol–water partition coefficient (Wildman–Crippen LogP) is 2.86. The van der Waals surface area contributed by atoms with Gasteiger partial charge in [-0.25, -0.2) is 0 Å². The lowest BCUT2D eigenvalue weighted by atomic mass is 9.83. The fourth-order valence-corrected chi connectivity index (χ4v) is 2.92. The van der Waals surface area contributed by atoms with Crippen molar-refractivity contribution in [3.05, 3.63) is 57.1 Å².